The molecule has 0 saturated carbocycles. The number of hydrogen-bond donors (Lipinski definition) is 1. The van der Waals surface area contributed by atoms with Crippen LogP contribution >= 0.6 is 15.9 Å². The number of hydrogen-bond acceptors (Lipinski definition) is 5. The molecular formula is C11H9BrN4O3. The number of nitrogens with zero attached hydrogens (tertiary/aromatic N) is 3. The van der Waals surface area contributed by atoms with Gasteiger partial charge in [-0.2, -0.15) is 0 Å². The lowest BCUT2D eigenvalue weighted by Gasteiger charge is -2.07. The van der Waals surface area contributed by atoms with Gasteiger partial charge < -0.3 is 10.3 Å². The maximum absolute atomic E-state index is 11.5. The third-order valence-electron chi connectivity index (χ3n) is 2.42. The molecule has 0 bridgehead atoms. The van der Waals surface area contributed by atoms with Crippen LogP contribution in [-0.2, 0) is 6.54 Å². The predicted molar refractivity (Wildman–Crippen MR) is 72.8 cm³/mol. The van der Waals surface area contributed by atoms with Gasteiger partial charge in [0.1, 0.15) is 5.82 Å². The van der Waals surface area contributed by atoms with Crippen molar-refractivity contribution in [3.8, 4) is 0 Å². The molecular weight excluding hydrogens is 316 g/mol. The van der Waals surface area contributed by atoms with Crippen LogP contribution in [0.3, 0.4) is 0 Å². The van der Waals surface area contributed by atoms with Crippen molar-refractivity contribution in [3.63, 3.8) is 0 Å². The standard InChI is InChI=1S/C11H9BrN4O3/c12-8-5-15(6-9(11(8)17)16(18)19)4-7-1-2-14-10(13)3-7/h1-3,5-6H,4H2,(H2,13,14). The average molecular weight is 325 g/mol. The van der Waals surface area contributed by atoms with Crippen molar-refractivity contribution in [1.82, 2.24) is 9.55 Å². The van der Waals surface area contributed by atoms with Crippen molar-refractivity contribution in [2.75, 3.05) is 5.73 Å². The van der Waals surface area contributed by atoms with Crippen molar-refractivity contribution in [3.05, 3.63) is 61.1 Å². The van der Waals surface area contributed by atoms with Gasteiger partial charge in [0.2, 0.25) is 0 Å². The van der Waals surface area contributed by atoms with Crippen molar-refractivity contribution >= 4 is 27.4 Å². The number of rotatable bonds is 3. The summed E-state index contributed by atoms with van der Waals surface area (Å²) in [5.41, 5.74) is 5.27. The Morgan fingerprint density at radius 2 is 2.21 bits per heavy atom. The molecule has 0 amide bonds. The van der Waals surface area contributed by atoms with Crippen molar-refractivity contribution in [2.45, 2.75) is 6.54 Å². The van der Waals surface area contributed by atoms with E-state index in [0.29, 0.717) is 12.4 Å². The highest BCUT2D eigenvalue weighted by Crippen LogP contribution is 2.13. The quantitative estimate of drug-likeness (QED) is 0.681. The van der Waals surface area contributed by atoms with Crippen LogP contribution in [-0.4, -0.2) is 14.5 Å². The number of anilines is 1. The van der Waals surface area contributed by atoms with Crippen LogP contribution < -0.4 is 11.2 Å². The minimum atomic E-state index is -0.704. The fourth-order valence-corrected chi connectivity index (χ4v) is 2.07. The summed E-state index contributed by atoms with van der Waals surface area (Å²) < 4.78 is 1.68. The second kappa shape index (κ2) is 5.19. The van der Waals surface area contributed by atoms with Crippen LogP contribution in [0.5, 0.6) is 0 Å². The van der Waals surface area contributed by atoms with Gasteiger partial charge in [-0.25, -0.2) is 4.98 Å². The Balaban J connectivity index is 2.41. The first-order valence-electron chi connectivity index (χ1n) is 5.22. The third kappa shape index (κ3) is 2.97. The van der Waals surface area contributed by atoms with E-state index in [1.807, 2.05) is 0 Å². The topological polar surface area (TPSA) is 104 Å². The highest BCUT2D eigenvalue weighted by atomic mass is 79.9. The zero-order chi connectivity index (χ0) is 14.0. The van der Waals surface area contributed by atoms with Crippen LogP contribution in [0.4, 0.5) is 11.5 Å². The number of pyridine rings is 2. The molecule has 8 heteroatoms. The lowest BCUT2D eigenvalue weighted by Crippen LogP contribution is -2.13. The van der Waals surface area contributed by atoms with Gasteiger partial charge in [0.15, 0.2) is 0 Å². The first-order valence-corrected chi connectivity index (χ1v) is 6.01. The van der Waals surface area contributed by atoms with E-state index in [1.54, 1.807) is 22.9 Å². The fraction of sp³-hybridized carbons (Fsp3) is 0.0909. The van der Waals surface area contributed by atoms with E-state index in [0.717, 1.165) is 5.56 Å². The molecule has 0 spiro atoms. The zero-order valence-electron chi connectivity index (χ0n) is 9.62. The molecule has 0 atom stereocenters. The second-order valence-electron chi connectivity index (χ2n) is 3.84. The smallest absolute Gasteiger partial charge is 0.333 e. The molecule has 7 nitrogen and oxygen atoms in total. The van der Waals surface area contributed by atoms with E-state index in [2.05, 4.69) is 20.9 Å². The minimum Gasteiger partial charge on any atom is -0.384 e. The molecule has 2 heterocycles. The third-order valence-corrected chi connectivity index (χ3v) is 2.99. The molecule has 2 rings (SSSR count). The monoisotopic (exact) mass is 324 g/mol. The van der Waals surface area contributed by atoms with Crippen LogP contribution in [0.2, 0.25) is 0 Å². The van der Waals surface area contributed by atoms with Gasteiger partial charge in [-0.1, -0.05) is 0 Å². The van der Waals surface area contributed by atoms with Crippen LogP contribution in [0, 0.1) is 10.1 Å². The summed E-state index contributed by atoms with van der Waals surface area (Å²) in [6.45, 7) is 0.354. The molecule has 0 fully saturated rings. The Morgan fingerprint density at radius 1 is 1.47 bits per heavy atom. The molecule has 98 valence electrons. The molecule has 0 aromatic carbocycles. The lowest BCUT2D eigenvalue weighted by molar-refractivity contribution is -0.386. The van der Waals surface area contributed by atoms with Gasteiger partial charge in [-0.05, 0) is 33.6 Å². The maximum Gasteiger partial charge on any atom is 0.333 e. The van der Waals surface area contributed by atoms with E-state index in [1.165, 1.54) is 12.4 Å². The normalized spacial score (nSPS) is 10.4. The summed E-state index contributed by atoms with van der Waals surface area (Å²) in [6, 6.07) is 3.41. The van der Waals surface area contributed by atoms with Crippen molar-refractivity contribution < 1.29 is 4.92 Å². The van der Waals surface area contributed by atoms with Gasteiger partial charge in [0.25, 0.3) is 5.43 Å². The molecule has 0 aliphatic carbocycles. The molecule has 0 aliphatic heterocycles. The molecule has 0 aliphatic rings. The fourth-order valence-electron chi connectivity index (χ4n) is 1.60. The van der Waals surface area contributed by atoms with Gasteiger partial charge >= 0.3 is 5.69 Å². The maximum atomic E-state index is 11.5. The molecule has 0 unspecified atom stereocenters. The lowest BCUT2D eigenvalue weighted by atomic mass is 10.2. The summed E-state index contributed by atoms with van der Waals surface area (Å²) in [5, 5.41) is 10.8. The van der Waals surface area contributed by atoms with Crippen LogP contribution in [0.1, 0.15) is 5.56 Å². The average Bonchev–Trinajstić information content (AvgIpc) is 2.33. The molecule has 0 saturated heterocycles. The SMILES string of the molecule is Nc1cc(Cn2cc(Br)c(=O)c([N+](=O)[O-])c2)ccn1. The van der Waals surface area contributed by atoms with E-state index < -0.39 is 16.0 Å². The molecule has 0 radical (unpaired) electrons. The van der Waals surface area contributed by atoms with Crippen LogP contribution in [0.25, 0.3) is 0 Å². The van der Waals surface area contributed by atoms with Gasteiger partial charge in [0.05, 0.1) is 15.6 Å². The van der Waals surface area contributed by atoms with Gasteiger partial charge in [-0.15, -0.1) is 0 Å². The minimum absolute atomic E-state index is 0.142. The number of nitrogen functional groups attached to an aromatic ring is 1. The van der Waals surface area contributed by atoms with Gasteiger partial charge in [-0.3, -0.25) is 14.9 Å². The van der Waals surface area contributed by atoms with E-state index in [4.69, 9.17) is 5.73 Å². The van der Waals surface area contributed by atoms with E-state index >= 15 is 0 Å². The van der Waals surface area contributed by atoms with Crippen molar-refractivity contribution in [2.24, 2.45) is 0 Å². The Morgan fingerprint density at radius 3 is 2.84 bits per heavy atom. The Hall–Kier alpha value is -2.22. The first kappa shape index (κ1) is 13.2. The summed E-state index contributed by atoms with van der Waals surface area (Å²) in [6.07, 6.45) is 4.24. The number of halogens is 1. The van der Waals surface area contributed by atoms with Gasteiger partial charge in [0, 0.05) is 18.9 Å². The summed E-state index contributed by atoms with van der Waals surface area (Å²) in [4.78, 5) is 25.5. The highest BCUT2D eigenvalue weighted by Gasteiger charge is 2.15. The molecule has 2 aromatic rings. The predicted octanol–water partition coefficient (Wildman–Crippen LogP) is 1.54. The molecule has 2 aromatic heterocycles. The largest absolute Gasteiger partial charge is 0.384 e. The van der Waals surface area contributed by atoms with E-state index in [9.17, 15) is 14.9 Å². The summed E-state index contributed by atoms with van der Waals surface area (Å²) in [5.74, 6) is 0.368. The number of nitrogens with two attached hydrogens (primary N) is 1. The Labute approximate surface area is 116 Å². The zero-order valence-corrected chi connectivity index (χ0v) is 11.2. The summed E-state index contributed by atoms with van der Waals surface area (Å²) in [7, 11) is 0. The highest BCUT2D eigenvalue weighted by molar-refractivity contribution is 9.10. The van der Waals surface area contributed by atoms with Crippen LogP contribution in [0.15, 0.2) is 40.0 Å². The second-order valence-corrected chi connectivity index (χ2v) is 4.69. The number of nitro groups is 1. The van der Waals surface area contributed by atoms with Crippen molar-refractivity contribution in [1.29, 1.82) is 0 Å². The molecule has 2 N–H and O–H groups in total. The Bertz CT molecular complexity index is 699. The molecule has 19 heavy (non-hydrogen) atoms. The van der Waals surface area contributed by atoms with E-state index in [-0.39, 0.29) is 4.47 Å². The number of aromatic nitrogens is 2. The summed E-state index contributed by atoms with van der Waals surface area (Å²) >= 11 is 3.02. The first-order chi connectivity index (χ1) is 8.97. The Kier molecular flexibility index (Phi) is 3.61.